The summed E-state index contributed by atoms with van der Waals surface area (Å²) in [5.41, 5.74) is 8.10. The molecule has 0 fully saturated rings. The summed E-state index contributed by atoms with van der Waals surface area (Å²) in [5.74, 6) is 0. The van der Waals surface area contributed by atoms with Crippen molar-refractivity contribution in [3.8, 4) is 0 Å². The maximum absolute atomic E-state index is 11.2. The van der Waals surface area contributed by atoms with Crippen LogP contribution in [-0.2, 0) is 7.05 Å². The Kier molecular flexibility index (Phi) is 5.01. The summed E-state index contributed by atoms with van der Waals surface area (Å²) in [5, 5.41) is 23.2. The second-order valence-electron chi connectivity index (χ2n) is 4.05. The van der Waals surface area contributed by atoms with Gasteiger partial charge in [-0.2, -0.15) is 5.10 Å². The molecule has 0 unspecified atom stereocenters. The van der Waals surface area contributed by atoms with E-state index in [1.807, 2.05) is 0 Å². The average Bonchev–Trinajstić information content (AvgIpc) is 2.85. The third-order valence-electron chi connectivity index (χ3n) is 2.44. The van der Waals surface area contributed by atoms with E-state index in [1.54, 1.807) is 23.7 Å². The minimum Gasteiger partial charge on any atom is -0.375 e. The first-order chi connectivity index (χ1) is 10.5. The third kappa shape index (κ3) is 3.99. The van der Waals surface area contributed by atoms with Gasteiger partial charge in [-0.3, -0.25) is 15.5 Å². The van der Waals surface area contributed by atoms with Gasteiger partial charge in [0.2, 0.25) is 0 Å². The third-order valence-corrected chi connectivity index (χ3v) is 3.65. The molecular formula is C11H11N7O2S2. The summed E-state index contributed by atoms with van der Waals surface area (Å²) >= 11 is 5.76. The standard InChI is InChI=1S/C11H11N7O2S2/c1-17-6-14-16-11(17)22-9-3-2-7(4-8(9)18(19)20)5-13-15-10(12)21/h2-6H,1H3,(H3,12,15,21)/b13-5-. The molecule has 114 valence electrons. The van der Waals surface area contributed by atoms with Crippen molar-refractivity contribution < 1.29 is 4.92 Å². The van der Waals surface area contributed by atoms with Gasteiger partial charge in [0.25, 0.3) is 5.69 Å². The fourth-order valence-electron chi connectivity index (χ4n) is 1.48. The monoisotopic (exact) mass is 337 g/mol. The number of hydrazone groups is 1. The molecule has 1 heterocycles. The van der Waals surface area contributed by atoms with Crippen LogP contribution < -0.4 is 11.2 Å². The highest BCUT2D eigenvalue weighted by atomic mass is 32.2. The molecule has 0 bridgehead atoms. The molecule has 0 saturated carbocycles. The van der Waals surface area contributed by atoms with Crippen LogP contribution in [0, 0.1) is 10.1 Å². The number of thiocarbonyl (C=S) groups is 1. The lowest BCUT2D eigenvalue weighted by atomic mass is 10.2. The zero-order valence-corrected chi connectivity index (χ0v) is 13.0. The number of nitro groups is 1. The Bertz CT molecular complexity index is 744. The van der Waals surface area contributed by atoms with E-state index in [4.69, 9.17) is 5.73 Å². The van der Waals surface area contributed by atoms with Crippen LogP contribution in [0.3, 0.4) is 0 Å². The quantitative estimate of drug-likeness (QED) is 0.359. The fraction of sp³-hybridized carbons (Fsp3) is 0.0909. The van der Waals surface area contributed by atoms with Gasteiger partial charge in [0, 0.05) is 18.7 Å². The summed E-state index contributed by atoms with van der Waals surface area (Å²) in [6.07, 6.45) is 2.92. The molecule has 0 aliphatic heterocycles. The van der Waals surface area contributed by atoms with E-state index >= 15 is 0 Å². The Morgan fingerprint density at radius 2 is 2.41 bits per heavy atom. The Hall–Kier alpha value is -2.53. The van der Waals surface area contributed by atoms with Gasteiger partial charge in [-0.05, 0) is 30.0 Å². The minimum atomic E-state index is -0.461. The first-order valence-electron chi connectivity index (χ1n) is 5.86. The number of nitrogens with zero attached hydrogens (tertiary/aromatic N) is 5. The number of nitrogens with one attached hydrogen (secondary N) is 1. The van der Waals surface area contributed by atoms with Crippen molar-refractivity contribution >= 4 is 41.0 Å². The molecule has 11 heteroatoms. The van der Waals surface area contributed by atoms with E-state index < -0.39 is 4.92 Å². The van der Waals surface area contributed by atoms with Gasteiger partial charge in [0.1, 0.15) is 6.33 Å². The minimum absolute atomic E-state index is 0.0141. The molecule has 0 aliphatic carbocycles. The molecule has 2 aromatic rings. The second-order valence-corrected chi connectivity index (χ2v) is 5.49. The van der Waals surface area contributed by atoms with Crippen LogP contribution in [0.1, 0.15) is 5.56 Å². The van der Waals surface area contributed by atoms with Crippen LogP contribution in [0.5, 0.6) is 0 Å². The van der Waals surface area contributed by atoms with E-state index in [2.05, 4.69) is 32.9 Å². The predicted octanol–water partition coefficient (Wildman–Crippen LogP) is 1.04. The van der Waals surface area contributed by atoms with Crippen LogP contribution in [0.2, 0.25) is 0 Å². The molecule has 2 rings (SSSR count). The van der Waals surface area contributed by atoms with E-state index in [1.165, 1.54) is 18.6 Å². The summed E-state index contributed by atoms with van der Waals surface area (Å²) in [6.45, 7) is 0. The van der Waals surface area contributed by atoms with Crippen LogP contribution in [0.15, 0.2) is 39.7 Å². The first-order valence-corrected chi connectivity index (χ1v) is 7.08. The average molecular weight is 337 g/mol. The van der Waals surface area contributed by atoms with Gasteiger partial charge in [0.05, 0.1) is 16.0 Å². The van der Waals surface area contributed by atoms with E-state index in [0.29, 0.717) is 15.6 Å². The van der Waals surface area contributed by atoms with Crippen molar-refractivity contribution in [3.05, 3.63) is 40.2 Å². The molecule has 0 amide bonds. The second kappa shape index (κ2) is 6.95. The summed E-state index contributed by atoms with van der Waals surface area (Å²) in [7, 11) is 1.76. The highest BCUT2D eigenvalue weighted by molar-refractivity contribution is 7.99. The maximum Gasteiger partial charge on any atom is 0.283 e. The summed E-state index contributed by atoms with van der Waals surface area (Å²) < 4.78 is 1.68. The Morgan fingerprint density at radius 3 is 3.00 bits per heavy atom. The van der Waals surface area contributed by atoms with Crippen molar-refractivity contribution in [2.24, 2.45) is 17.9 Å². The van der Waals surface area contributed by atoms with Crippen LogP contribution >= 0.6 is 24.0 Å². The van der Waals surface area contributed by atoms with Crippen molar-refractivity contribution in [1.29, 1.82) is 0 Å². The lowest BCUT2D eigenvalue weighted by molar-refractivity contribution is -0.387. The summed E-state index contributed by atoms with van der Waals surface area (Å²) in [6, 6.07) is 4.72. The van der Waals surface area contributed by atoms with Crippen LogP contribution in [-0.4, -0.2) is 31.0 Å². The van der Waals surface area contributed by atoms with Crippen molar-refractivity contribution in [2.45, 2.75) is 10.1 Å². The highest BCUT2D eigenvalue weighted by Gasteiger charge is 2.17. The van der Waals surface area contributed by atoms with E-state index in [0.717, 1.165) is 11.8 Å². The van der Waals surface area contributed by atoms with Gasteiger partial charge in [-0.1, -0.05) is 6.07 Å². The smallest absolute Gasteiger partial charge is 0.283 e. The molecular weight excluding hydrogens is 326 g/mol. The number of hydrogen-bond donors (Lipinski definition) is 2. The zero-order chi connectivity index (χ0) is 16.1. The normalized spacial score (nSPS) is 10.8. The number of benzene rings is 1. The van der Waals surface area contributed by atoms with Crippen molar-refractivity contribution in [1.82, 2.24) is 20.2 Å². The van der Waals surface area contributed by atoms with Crippen LogP contribution in [0.25, 0.3) is 0 Å². The highest BCUT2D eigenvalue weighted by Crippen LogP contribution is 2.33. The Balaban J connectivity index is 2.28. The van der Waals surface area contributed by atoms with E-state index in [9.17, 15) is 10.1 Å². The number of hydrogen-bond acceptors (Lipinski definition) is 7. The van der Waals surface area contributed by atoms with Crippen molar-refractivity contribution in [3.63, 3.8) is 0 Å². The van der Waals surface area contributed by atoms with Crippen LogP contribution in [0.4, 0.5) is 5.69 Å². The number of aryl methyl sites for hydroxylation is 1. The number of rotatable bonds is 5. The Morgan fingerprint density at radius 1 is 1.64 bits per heavy atom. The molecule has 22 heavy (non-hydrogen) atoms. The molecule has 0 atom stereocenters. The van der Waals surface area contributed by atoms with Gasteiger partial charge >= 0.3 is 0 Å². The SMILES string of the molecule is Cn1cnnc1Sc1ccc(/C=N\NC(N)=S)cc1[N+](=O)[O-]. The van der Waals surface area contributed by atoms with Gasteiger partial charge in [-0.25, -0.2) is 0 Å². The van der Waals surface area contributed by atoms with Gasteiger partial charge in [0.15, 0.2) is 10.3 Å². The van der Waals surface area contributed by atoms with Crippen molar-refractivity contribution in [2.75, 3.05) is 0 Å². The van der Waals surface area contributed by atoms with E-state index in [-0.39, 0.29) is 10.8 Å². The molecule has 9 nitrogen and oxygen atoms in total. The largest absolute Gasteiger partial charge is 0.375 e. The van der Waals surface area contributed by atoms with Gasteiger partial charge in [-0.15, -0.1) is 10.2 Å². The molecule has 0 aliphatic rings. The Labute approximate surface area is 134 Å². The molecule has 0 saturated heterocycles. The topological polar surface area (TPSA) is 124 Å². The molecule has 3 N–H and O–H groups in total. The number of nitro benzene ring substituents is 1. The summed E-state index contributed by atoms with van der Waals surface area (Å²) in [4.78, 5) is 11.2. The van der Waals surface area contributed by atoms with Gasteiger partial charge < -0.3 is 10.3 Å². The number of nitrogens with two attached hydrogens (primary N) is 1. The zero-order valence-electron chi connectivity index (χ0n) is 11.3. The first kappa shape index (κ1) is 15.9. The molecule has 0 spiro atoms. The lowest BCUT2D eigenvalue weighted by Gasteiger charge is -2.03. The molecule has 1 aromatic heterocycles. The molecule has 0 radical (unpaired) electrons. The predicted molar refractivity (Wildman–Crippen MR) is 85.7 cm³/mol. The maximum atomic E-state index is 11.2. The fourth-order valence-corrected chi connectivity index (χ4v) is 2.38. The molecule has 1 aromatic carbocycles. The lowest BCUT2D eigenvalue weighted by Crippen LogP contribution is -2.23. The number of aromatic nitrogens is 3.